The van der Waals surface area contributed by atoms with Crippen molar-refractivity contribution in [2.24, 2.45) is 17.8 Å². The molecule has 0 aliphatic carbocycles. The minimum absolute atomic E-state index is 0.104. The molecule has 0 fully saturated rings. The van der Waals surface area contributed by atoms with E-state index in [4.69, 9.17) is 37.0 Å². The Labute approximate surface area is 581 Å². The van der Waals surface area contributed by atoms with Gasteiger partial charge in [0.25, 0.3) is 0 Å². The molecule has 0 aromatic carbocycles. The third-order valence-electron chi connectivity index (χ3n) is 18.7. The fourth-order valence-corrected chi connectivity index (χ4v) is 13.1. The van der Waals surface area contributed by atoms with E-state index >= 15 is 0 Å². The minimum atomic E-state index is -4.96. The lowest BCUT2D eigenvalue weighted by atomic mass is 9.99. The fourth-order valence-electron chi connectivity index (χ4n) is 11.5. The van der Waals surface area contributed by atoms with Crippen LogP contribution in [0.3, 0.4) is 0 Å². The van der Waals surface area contributed by atoms with Gasteiger partial charge < -0.3 is 33.8 Å². The zero-order chi connectivity index (χ0) is 70.1. The first-order valence-electron chi connectivity index (χ1n) is 39.5. The Morgan fingerprint density at radius 3 is 0.747 bits per heavy atom. The molecule has 3 N–H and O–H groups in total. The van der Waals surface area contributed by atoms with E-state index in [-0.39, 0.29) is 25.7 Å². The van der Waals surface area contributed by atoms with Crippen LogP contribution in [0.15, 0.2) is 0 Å². The van der Waals surface area contributed by atoms with Crippen LogP contribution in [0.1, 0.15) is 389 Å². The Morgan fingerprint density at radius 2 is 0.505 bits per heavy atom. The van der Waals surface area contributed by atoms with Crippen LogP contribution in [-0.4, -0.2) is 96.7 Å². The molecule has 17 nitrogen and oxygen atoms in total. The number of esters is 4. The first-order chi connectivity index (χ1) is 45.8. The van der Waals surface area contributed by atoms with Gasteiger partial charge in [0.1, 0.15) is 19.3 Å². The Morgan fingerprint density at radius 1 is 0.295 bits per heavy atom. The van der Waals surface area contributed by atoms with E-state index in [1.807, 2.05) is 0 Å². The summed E-state index contributed by atoms with van der Waals surface area (Å²) >= 11 is 0. The second kappa shape index (κ2) is 66.6. The monoisotopic (exact) mass is 1400 g/mol. The van der Waals surface area contributed by atoms with E-state index in [9.17, 15) is 43.2 Å². The van der Waals surface area contributed by atoms with Crippen LogP contribution in [0, 0.1) is 17.8 Å². The molecule has 0 heterocycles. The number of hydrogen-bond acceptors (Lipinski definition) is 15. The number of phosphoric acid groups is 2. The van der Waals surface area contributed by atoms with E-state index < -0.39 is 97.5 Å². The molecule has 8 atom stereocenters. The lowest BCUT2D eigenvalue weighted by Crippen LogP contribution is -2.30. The molecular formula is C76H148O17P2. The highest BCUT2D eigenvalue weighted by atomic mass is 31.2. The van der Waals surface area contributed by atoms with E-state index in [2.05, 4.69) is 48.5 Å². The van der Waals surface area contributed by atoms with Gasteiger partial charge in [0.2, 0.25) is 0 Å². The van der Waals surface area contributed by atoms with Gasteiger partial charge in [-0.25, -0.2) is 9.13 Å². The highest BCUT2D eigenvalue weighted by molar-refractivity contribution is 7.47. The molecule has 564 valence electrons. The predicted octanol–water partition coefficient (Wildman–Crippen LogP) is 22.2. The van der Waals surface area contributed by atoms with Crippen molar-refractivity contribution in [2.75, 3.05) is 39.6 Å². The van der Waals surface area contributed by atoms with Crippen molar-refractivity contribution >= 4 is 39.5 Å². The number of phosphoric ester groups is 2. The number of aliphatic hydroxyl groups is 1. The number of carbonyl (C=O) groups is 4. The normalized spacial score (nSPS) is 14.9. The third kappa shape index (κ3) is 66.4. The van der Waals surface area contributed by atoms with Crippen molar-refractivity contribution in [1.29, 1.82) is 0 Å². The van der Waals surface area contributed by atoms with Gasteiger partial charge in [-0.3, -0.25) is 37.3 Å². The Kier molecular flexibility index (Phi) is 65.2. The molecule has 19 heteroatoms. The maximum absolute atomic E-state index is 13.1. The molecule has 0 aromatic rings. The molecule has 0 spiro atoms. The van der Waals surface area contributed by atoms with Crippen LogP contribution in [0.25, 0.3) is 0 Å². The topological polar surface area (TPSA) is 237 Å². The summed E-state index contributed by atoms with van der Waals surface area (Å²) in [6.45, 7) is 11.9. The fraction of sp³-hybridized carbons (Fsp3) is 0.947. The lowest BCUT2D eigenvalue weighted by Gasteiger charge is -2.21. The maximum Gasteiger partial charge on any atom is 0.472 e. The van der Waals surface area contributed by atoms with Crippen LogP contribution >= 0.6 is 15.6 Å². The molecule has 95 heavy (non-hydrogen) atoms. The van der Waals surface area contributed by atoms with E-state index in [0.717, 1.165) is 120 Å². The molecular weight excluding hydrogens is 1250 g/mol. The largest absolute Gasteiger partial charge is 0.472 e. The van der Waals surface area contributed by atoms with Gasteiger partial charge in [0, 0.05) is 25.7 Å². The van der Waals surface area contributed by atoms with Gasteiger partial charge in [-0.15, -0.1) is 0 Å². The number of carbonyl (C=O) groups excluding carboxylic acids is 4. The van der Waals surface area contributed by atoms with Crippen molar-refractivity contribution < 1.29 is 80.2 Å². The number of unbranched alkanes of at least 4 members (excludes halogenated alkanes) is 39. The van der Waals surface area contributed by atoms with Crippen LogP contribution in [0.2, 0.25) is 0 Å². The third-order valence-corrected chi connectivity index (χ3v) is 20.6. The van der Waals surface area contributed by atoms with E-state index in [0.29, 0.717) is 25.7 Å². The highest BCUT2D eigenvalue weighted by Crippen LogP contribution is 2.45. The molecule has 0 aromatic heterocycles. The number of aliphatic hydroxyl groups excluding tert-OH is 1. The van der Waals surface area contributed by atoms with Gasteiger partial charge in [0.05, 0.1) is 26.4 Å². The minimum Gasteiger partial charge on any atom is -0.462 e. The first kappa shape index (κ1) is 93.1. The van der Waals surface area contributed by atoms with Crippen LogP contribution in [0.4, 0.5) is 0 Å². The first-order valence-corrected chi connectivity index (χ1v) is 42.5. The number of ether oxygens (including phenoxy) is 4. The van der Waals surface area contributed by atoms with Gasteiger partial charge >= 0.3 is 39.5 Å². The van der Waals surface area contributed by atoms with Crippen LogP contribution in [-0.2, 0) is 65.4 Å². The standard InChI is InChI=1S/C76H148O17P2/c1-8-12-13-14-33-43-50-57-73(78)86-63-71(93-76(81)60-53-46-39-32-31-36-42-49-56-69(7)11-4)65-90-94(82,83)88-61-70(77)62-89-95(84,85)91-66-72(64-87-74(79)58-51-44-37-29-26-25-28-35-41-48-55-68(6)10-3)92-75(80)59-52-45-38-30-24-22-20-18-16-15-17-19-21-23-27-34-40-47-54-67(5)9-2/h67-72,77H,8-66H2,1-7H3,(H,82,83)(H,84,85)/t67?,68?,69?,70-,71+,72+/m0/s1. The van der Waals surface area contributed by atoms with Gasteiger partial charge in [0.15, 0.2) is 12.2 Å². The Bertz CT molecular complexity index is 1860. The van der Waals surface area contributed by atoms with Crippen LogP contribution in [0.5, 0.6) is 0 Å². The average Bonchev–Trinajstić information content (AvgIpc) is 3.77. The van der Waals surface area contributed by atoms with Crippen molar-refractivity contribution in [3.05, 3.63) is 0 Å². The molecule has 0 bridgehead atoms. The predicted molar refractivity (Wildman–Crippen MR) is 386 cm³/mol. The van der Waals surface area contributed by atoms with Crippen molar-refractivity contribution in [2.45, 2.75) is 407 Å². The van der Waals surface area contributed by atoms with Gasteiger partial charge in [-0.05, 0) is 43.4 Å². The SMILES string of the molecule is CCCCCCCCCC(=O)OC[C@H](COP(=O)(O)OC[C@H](O)COP(=O)(O)OC[C@@H](COC(=O)CCCCCCCCCCCCC(C)CC)OC(=O)CCCCCCCCCCCCCCCCCCCCC(C)CC)OC(=O)CCCCCCCCCCC(C)CC. The maximum atomic E-state index is 13.1. The molecule has 0 aliphatic heterocycles. The van der Waals surface area contributed by atoms with E-state index in [1.165, 1.54) is 186 Å². The van der Waals surface area contributed by atoms with Crippen molar-refractivity contribution in [3.63, 3.8) is 0 Å². The number of hydrogen-bond donors (Lipinski definition) is 3. The summed E-state index contributed by atoms with van der Waals surface area (Å²) in [5.41, 5.74) is 0. The molecule has 0 radical (unpaired) electrons. The van der Waals surface area contributed by atoms with E-state index in [1.54, 1.807) is 0 Å². The van der Waals surface area contributed by atoms with Gasteiger partial charge in [-0.2, -0.15) is 0 Å². The Hall–Kier alpha value is -1.94. The summed E-state index contributed by atoms with van der Waals surface area (Å²) in [5, 5.41) is 10.6. The number of rotatable bonds is 74. The average molecular weight is 1400 g/mol. The molecule has 5 unspecified atom stereocenters. The summed E-state index contributed by atoms with van der Waals surface area (Å²) in [6, 6.07) is 0. The van der Waals surface area contributed by atoms with Crippen molar-refractivity contribution in [1.82, 2.24) is 0 Å². The zero-order valence-electron chi connectivity index (χ0n) is 62.1. The second-order valence-corrected chi connectivity index (χ2v) is 31.0. The zero-order valence-corrected chi connectivity index (χ0v) is 63.9. The molecule has 0 saturated heterocycles. The summed E-state index contributed by atoms with van der Waals surface area (Å²) < 4.78 is 68.4. The molecule has 0 rings (SSSR count). The lowest BCUT2D eigenvalue weighted by molar-refractivity contribution is -0.161. The van der Waals surface area contributed by atoms with Crippen molar-refractivity contribution in [3.8, 4) is 0 Å². The molecule has 0 amide bonds. The molecule has 0 aliphatic rings. The molecule has 0 saturated carbocycles. The quantitative estimate of drug-likeness (QED) is 0.0222. The highest BCUT2D eigenvalue weighted by Gasteiger charge is 2.30. The smallest absolute Gasteiger partial charge is 0.462 e. The summed E-state index contributed by atoms with van der Waals surface area (Å²) in [5.74, 6) is 0.326. The Balaban J connectivity index is 5.17. The van der Waals surface area contributed by atoms with Gasteiger partial charge in [-0.1, -0.05) is 337 Å². The second-order valence-electron chi connectivity index (χ2n) is 28.1. The summed E-state index contributed by atoms with van der Waals surface area (Å²) in [7, 11) is -9.91. The van der Waals surface area contributed by atoms with Crippen LogP contribution < -0.4 is 0 Å². The summed E-state index contributed by atoms with van der Waals surface area (Å²) in [6.07, 6.45) is 52.8. The summed E-state index contributed by atoms with van der Waals surface area (Å²) in [4.78, 5) is 72.6.